The highest BCUT2D eigenvalue weighted by molar-refractivity contribution is 5.77. The highest BCUT2D eigenvalue weighted by Crippen LogP contribution is 1.78. The summed E-state index contributed by atoms with van der Waals surface area (Å²) in [6, 6.07) is 0. The summed E-state index contributed by atoms with van der Waals surface area (Å²) >= 11 is 0. The molecule has 0 bridgehead atoms. The fourth-order valence-electron chi connectivity index (χ4n) is 0.636. The Balaban J connectivity index is 0. The molecule has 0 spiro atoms. The first-order chi connectivity index (χ1) is 8.12. The summed E-state index contributed by atoms with van der Waals surface area (Å²) in [5.74, 6) is -0.509. The van der Waals surface area contributed by atoms with Gasteiger partial charge in [-0.05, 0) is 6.42 Å². The van der Waals surface area contributed by atoms with Crippen LogP contribution in [0.25, 0.3) is 0 Å². The number of alkyl carbamates (subject to hydrolysis) is 1. The number of carbonyl (C=O) groups is 2. The number of methoxy groups -OCH3 is 4. The monoisotopic (exact) mass is 251 g/mol. The molecule has 0 aromatic carbocycles. The fourth-order valence-corrected chi connectivity index (χ4v) is 0.636. The van der Waals surface area contributed by atoms with Crippen LogP contribution in [-0.2, 0) is 23.7 Å². The summed E-state index contributed by atoms with van der Waals surface area (Å²) in [4.78, 5) is 20.6. The second kappa shape index (κ2) is 14.7. The molecule has 0 heterocycles. The van der Waals surface area contributed by atoms with Gasteiger partial charge in [0, 0.05) is 27.4 Å². The Kier molecular flexibility index (Phi) is 15.6. The number of rotatable bonds is 6. The number of hydrogen-bond donors (Lipinski definition) is 1. The average Bonchev–Trinajstić information content (AvgIpc) is 2.36. The van der Waals surface area contributed by atoms with Crippen molar-refractivity contribution in [1.29, 1.82) is 0 Å². The zero-order valence-electron chi connectivity index (χ0n) is 10.8. The van der Waals surface area contributed by atoms with Crippen molar-refractivity contribution in [1.82, 2.24) is 5.32 Å². The first kappa shape index (κ1) is 18.0. The van der Waals surface area contributed by atoms with E-state index in [1.165, 1.54) is 14.2 Å². The van der Waals surface area contributed by atoms with Gasteiger partial charge in [0.05, 0.1) is 14.2 Å². The van der Waals surface area contributed by atoms with E-state index in [0.29, 0.717) is 0 Å². The van der Waals surface area contributed by atoms with Crippen LogP contribution >= 0.6 is 0 Å². The van der Waals surface area contributed by atoms with E-state index in [9.17, 15) is 9.59 Å². The number of amides is 1. The Hall–Kier alpha value is -1.34. The molecule has 0 aliphatic heterocycles. The second-order valence-electron chi connectivity index (χ2n) is 2.76. The molecule has 1 N–H and O–H groups in total. The van der Waals surface area contributed by atoms with Crippen LogP contribution < -0.4 is 5.32 Å². The minimum atomic E-state index is -0.648. The number of ether oxygens (including phenoxy) is 4. The fraction of sp³-hybridized carbons (Fsp3) is 0.800. The van der Waals surface area contributed by atoms with Crippen LogP contribution in [0, 0.1) is 0 Å². The highest BCUT2D eigenvalue weighted by atomic mass is 16.5. The Bertz CT molecular complexity index is 177. The zero-order chi connectivity index (χ0) is 13.5. The molecule has 0 saturated carbocycles. The van der Waals surface area contributed by atoms with Crippen LogP contribution in [0.15, 0.2) is 0 Å². The van der Waals surface area contributed by atoms with E-state index < -0.39 is 12.1 Å². The Labute approximate surface area is 101 Å². The molecule has 0 fully saturated rings. The lowest BCUT2D eigenvalue weighted by Crippen LogP contribution is -2.29. The summed E-state index contributed by atoms with van der Waals surface area (Å²) in [5.41, 5.74) is 0. The third kappa shape index (κ3) is 17.3. The molecule has 1 amide bonds. The van der Waals surface area contributed by atoms with Crippen molar-refractivity contribution in [2.24, 2.45) is 0 Å². The summed E-state index contributed by atoms with van der Waals surface area (Å²) in [7, 11) is 5.83. The number of nitrogens with one attached hydrogen (secondary N) is 1. The van der Waals surface area contributed by atoms with Gasteiger partial charge in [-0.3, -0.25) is 4.79 Å². The van der Waals surface area contributed by atoms with Crippen molar-refractivity contribution in [3.05, 3.63) is 0 Å². The molecule has 0 aromatic rings. The Morgan fingerprint density at radius 1 is 0.941 bits per heavy atom. The lowest BCUT2D eigenvalue weighted by Gasteiger charge is -2.00. The average molecular weight is 251 g/mol. The molecular formula is C10H21NO6. The van der Waals surface area contributed by atoms with Gasteiger partial charge in [-0.15, -0.1) is 0 Å². The van der Waals surface area contributed by atoms with Crippen molar-refractivity contribution in [2.75, 3.05) is 48.2 Å². The van der Waals surface area contributed by atoms with Gasteiger partial charge in [0.15, 0.2) is 0 Å². The molecule has 0 aromatic heterocycles. The van der Waals surface area contributed by atoms with E-state index in [0.717, 1.165) is 19.6 Å². The van der Waals surface area contributed by atoms with Gasteiger partial charge in [0.25, 0.3) is 0 Å². The topological polar surface area (TPSA) is 83.1 Å². The maximum Gasteiger partial charge on any atom is 0.407 e. The van der Waals surface area contributed by atoms with E-state index in [4.69, 9.17) is 9.47 Å². The standard InChI is InChI=1S/C5H9NO4.C5H12O2/c1-9-4(7)3-6-5(8)10-2;1-6-4-3-5-7-2/h3H2,1-2H3,(H,6,8);3-5H2,1-2H3. The Morgan fingerprint density at radius 3 is 1.82 bits per heavy atom. The van der Waals surface area contributed by atoms with Crippen LogP contribution in [0.1, 0.15) is 6.42 Å². The van der Waals surface area contributed by atoms with Crippen molar-refractivity contribution >= 4 is 12.1 Å². The van der Waals surface area contributed by atoms with Crippen molar-refractivity contribution in [3.8, 4) is 0 Å². The van der Waals surface area contributed by atoms with Crippen molar-refractivity contribution < 1.29 is 28.5 Å². The molecule has 0 radical (unpaired) electrons. The van der Waals surface area contributed by atoms with E-state index >= 15 is 0 Å². The molecule has 0 rings (SSSR count). The number of esters is 1. The quantitative estimate of drug-likeness (QED) is 0.536. The van der Waals surface area contributed by atoms with E-state index in [2.05, 4.69) is 14.8 Å². The molecule has 7 nitrogen and oxygen atoms in total. The summed E-state index contributed by atoms with van der Waals surface area (Å²) in [6.07, 6.45) is 0.345. The van der Waals surface area contributed by atoms with Gasteiger partial charge >= 0.3 is 12.1 Å². The third-order valence-electron chi connectivity index (χ3n) is 1.49. The van der Waals surface area contributed by atoms with Gasteiger partial charge in [0.2, 0.25) is 0 Å². The second-order valence-corrected chi connectivity index (χ2v) is 2.76. The van der Waals surface area contributed by atoms with E-state index in [1.807, 2.05) is 0 Å². The van der Waals surface area contributed by atoms with Gasteiger partial charge in [-0.25, -0.2) is 4.79 Å². The van der Waals surface area contributed by atoms with E-state index in [-0.39, 0.29) is 6.54 Å². The summed E-state index contributed by atoms with van der Waals surface area (Å²) in [5, 5.41) is 2.15. The molecule has 0 atom stereocenters. The predicted molar refractivity (Wildman–Crippen MR) is 60.8 cm³/mol. The largest absolute Gasteiger partial charge is 0.468 e. The zero-order valence-corrected chi connectivity index (χ0v) is 10.8. The van der Waals surface area contributed by atoms with Crippen LogP contribution in [0.5, 0.6) is 0 Å². The lowest BCUT2D eigenvalue weighted by atomic mass is 10.5. The normalized spacial score (nSPS) is 8.71. The highest BCUT2D eigenvalue weighted by Gasteiger charge is 2.02. The molecule has 0 saturated heterocycles. The third-order valence-corrected chi connectivity index (χ3v) is 1.49. The molecule has 17 heavy (non-hydrogen) atoms. The van der Waals surface area contributed by atoms with Crippen molar-refractivity contribution in [2.45, 2.75) is 6.42 Å². The van der Waals surface area contributed by atoms with Gasteiger partial charge in [-0.2, -0.15) is 0 Å². The van der Waals surface area contributed by atoms with E-state index in [1.54, 1.807) is 14.2 Å². The van der Waals surface area contributed by atoms with Gasteiger partial charge < -0.3 is 24.3 Å². The smallest absolute Gasteiger partial charge is 0.407 e. The summed E-state index contributed by atoms with van der Waals surface area (Å²) in [6.45, 7) is 1.44. The SMILES string of the molecule is COC(=O)CNC(=O)OC.COCCCOC. The first-order valence-electron chi connectivity index (χ1n) is 4.98. The van der Waals surface area contributed by atoms with Crippen LogP contribution in [-0.4, -0.2) is 60.3 Å². The molecule has 7 heteroatoms. The lowest BCUT2D eigenvalue weighted by molar-refractivity contribution is -0.139. The molecular weight excluding hydrogens is 230 g/mol. The Morgan fingerprint density at radius 2 is 1.47 bits per heavy atom. The van der Waals surface area contributed by atoms with Gasteiger partial charge in [0.1, 0.15) is 6.54 Å². The van der Waals surface area contributed by atoms with Crippen LogP contribution in [0.4, 0.5) is 4.79 Å². The van der Waals surface area contributed by atoms with Crippen LogP contribution in [0.2, 0.25) is 0 Å². The molecule has 102 valence electrons. The predicted octanol–water partition coefficient (Wildman–Crippen LogP) is 0.185. The number of hydrogen-bond acceptors (Lipinski definition) is 6. The minimum Gasteiger partial charge on any atom is -0.468 e. The molecule has 0 unspecified atom stereocenters. The summed E-state index contributed by atoms with van der Waals surface area (Å²) < 4.78 is 18.0. The molecule has 0 aliphatic rings. The van der Waals surface area contributed by atoms with Gasteiger partial charge in [-0.1, -0.05) is 0 Å². The maximum atomic E-state index is 10.3. The van der Waals surface area contributed by atoms with Crippen molar-refractivity contribution in [3.63, 3.8) is 0 Å². The first-order valence-corrected chi connectivity index (χ1v) is 4.98. The molecule has 0 aliphatic carbocycles. The maximum absolute atomic E-state index is 10.3. The van der Waals surface area contributed by atoms with Crippen LogP contribution in [0.3, 0.4) is 0 Å². The minimum absolute atomic E-state index is 0.164. The number of carbonyl (C=O) groups excluding carboxylic acids is 2.